The molecule has 0 unspecified atom stereocenters. The molecule has 0 spiro atoms. The van der Waals surface area contributed by atoms with Crippen molar-refractivity contribution in [3.8, 4) is 5.75 Å². The van der Waals surface area contributed by atoms with E-state index in [1.165, 1.54) is 18.3 Å². The van der Waals surface area contributed by atoms with E-state index < -0.39 is 4.92 Å². The van der Waals surface area contributed by atoms with Gasteiger partial charge in [0.15, 0.2) is 0 Å². The van der Waals surface area contributed by atoms with Gasteiger partial charge in [-0.15, -0.1) is 0 Å². The molecule has 0 aliphatic heterocycles. The van der Waals surface area contributed by atoms with E-state index in [2.05, 4.69) is 15.6 Å². The Bertz CT molecular complexity index is 1030. The lowest BCUT2D eigenvalue weighted by atomic mass is 10.2. The maximum absolute atomic E-state index is 12.0. The second-order valence-corrected chi connectivity index (χ2v) is 6.17. The quantitative estimate of drug-likeness (QED) is 0.359. The topological polar surface area (TPSA) is 112 Å². The monoisotopic (exact) mass is 393 g/mol. The van der Waals surface area contributed by atoms with Gasteiger partial charge in [0.25, 0.3) is 11.6 Å². The van der Waals surface area contributed by atoms with Crippen LogP contribution in [0.2, 0.25) is 0 Å². The van der Waals surface area contributed by atoms with Gasteiger partial charge < -0.3 is 4.74 Å². The van der Waals surface area contributed by atoms with Gasteiger partial charge >= 0.3 is 0 Å². The molecule has 0 aliphatic carbocycles. The molecule has 0 bridgehead atoms. The minimum absolute atomic E-state index is 0.0299. The molecule has 9 nitrogen and oxygen atoms in total. The Labute approximate surface area is 166 Å². The van der Waals surface area contributed by atoms with Crippen LogP contribution in [0.3, 0.4) is 0 Å². The number of benzene rings is 2. The van der Waals surface area contributed by atoms with Gasteiger partial charge in [0.2, 0.25) is 0 Å². The molecule has 148 valence electrons. The standard InChI is InChI=1S/C20H19N5O4/c1-15-10-11-22-24(15)13-20(26)23-21-12-17-4-2-3-5-19(17)29-14-16-6-8-18(9-7-16)25(27)28/h2-12H,13-14H2,1H3,(H,23,26). The van der Waals surface area contributed by atoms with Crippen LogP contribution in [0, 0.1) is 17.0 Å². The summed E-state index contributed by atoms with van der Waals surface area (Å²) in [6, 6.07) is 15.2. The van der Waals surface area contributed by atoms with E-state index in [4.69, 9.17) is 4.74 Å². The van der Waals surface area contributed by atoms with E-state index in [0.29, 0.717) is 11.3 Å². The van der Waals surface area contributed by atoms with Crippen molar-refractivity contribution in [2.75, 3.05) is 0 Å². The summed E-state index contributed by atoms with van der Waals surface area (Å²) >= 11 is 0. The molecule has 1 heterocycles. The smallest absolute Gasteiger partial charge is 0.269 e. The molecule has 3 rings (SSSR count). The highest BCUT2D eigenvalue weighted by molar-refractivity contribution is 5.85. The highest BCUT2D eigenvalue weighted by Gasteiger charge is 2.07. The minimum atomic E-state index is -0.446. The van der Waals surface area contributed by atoms with Gasteiger partial charge in [-0.2, -0.15) is 10.2 Å². The number of aryl methyl sites for hydroxylation is 1. The van der Waals surface area contributed by atoms with Gasteiger partial charge in [0.1, 0.15) is 18.9 Å². The van der Waals surface area contributed by atoms with Gasteiger partial charge in [0, 0.05) is 29.6 Å². The number of nitrogens with one attached hydrogen (secondary N) is 1. The summed E-state index contributed by atoms with van der Waals surface area (Å²) in [6.07, 6.45) is 3.13. The highest BCUT2D eigenvalue weighted by Crippen LogP contribution is 2.19. The number of aromatic nitrogens is 2. The minimum Gasteiger partial charge on any atom is -0.488 e. The van der Waals surface area contributed by atoms with Crippen LogP contribution >= 0.6 is 0 Å². The summed E-state index contributed by atoms with van der Waals surface area (Å²) in [5.41, 5.74) is 4.86. The van der Waals surface area contributed by atoms with Crippen LogP contribution in [0.4, 0.5) is 5.69 Å². The molecule has 9 heteroatoms. The number of nitro groups is 1. The molecule has 0 radical (unpaired) electrons. The summed E-state index contributed by atoms with van der Waals surface area (Å²) in [6.45, 7) is 2.18. The Morgan fingerprint density at radius 2 is 2.00 bits per heavy atom. The Morgan fingerprint density at radius 3 is 2.69 bits per heavy atom. The summed E-state index contributed by atoms with van der Waals surface area (Å²) in [7, 11) is 0. The first kappa shape index (κ1) is 19.7. The van der Waals surface area contributed by atoms with Crippen LogP contribution in [-0.4, -0.2) is 26.8 Å². The Morgan fingerprint density at radius 1 is 1.24 bits per heavy atom. The van der Waals surface area contributed by atoms with Crippen molar-refractivity contribution >= 4 is 17.8 Å². The second kappa shape index (κ2) is 9.27. The van der Waals surface area contributed by atoms with Crippen LogP contribution in [0.5, 0.6) is 5.75 Å². The number of amides is 1. The van der Waals surface area contributed by atoms with Crippen LogP contribution < -0.4 is 10.2 Å². The summed E-state index contributed by atoms with van der Waals surface area (Å²) in [5, 5.41) is 18.7. The molecule has 0 saturated carbocycles. The average molecular weight is 393 g/mol. The third-order valence-corrected chi connectivity index (χ3v) is 4.08. The zero-order valence-corrected chi connectivity index (χ0v) is 15.7. The molecule has 2 aromatic carbocycles. The summed E-state index contributed by atoms with van der Waals surface area (Å²) < 4.78 is 7.37. The first-order valence-corrected chi connectivity index (χ1v) is 8.78. The van der Waals surface area contributed by atoms with E-state index >= 15 is 0 Å². The number of carbonyl (C=O) groups is 1. The third kappa shape index (κ3) is 5.48. The van der Waals surface area contributed by atoms with Crippen molar-refractivity contribution < 1.29 is 14.5 Å². The largest absolute Gasteiger partial charge is 0.488 e. The van der Waals surface area contributed by atoms with Gasteiger partial charge in [-0.05, 0) is 42.8 Å². The number of hydrazone groups is 1. The predicted octanol–water partition coefficient (Wildman–Crippen LogP) is 2.83. The average Bonchev–Trinajstić information content (AvgIpc) is 3.12. The van der Waals surface area contributed by atoms with Gasteiger partial charge in [-0.3, -0.25) is 19.6 Å². The Hall–Kier alpha value is -4.01. The number of nitrogens with zero attached hydrogens (tertiary/aromatic N) is 4. The zero-order chi connectivity index (χ0) is 20.6. The lowest BCUT2D eigenvalue weighted by molar-refractivity contribution is -0.384. The number of rotatable bonds is 8. The van der Waals surface area contributed by atoms with E-state index in [-0.39, 0.29) is 24.7 Å². The van der Waals surface area contributed by atoms with E-state index in [1.807, 2.05) is 25.1 Å². The number of nitro benzene ring substituents is 1. The van der Waals surface area contributed by atoms with Crippen molar-refractivity contribution in [3.05, 3.63) is 87.7 Å². The number of carbonyl (C=O) groups excluding carboxylic acids is 1. The highest BCUT2D eigenvalue weighted by atomic mass is 16.6. The van der Waals surface area contributed by atoms with Gasteiger partial charge in [0.05, 0.1) is 11.1 Å². The molecule has 29 heavy (non-hydrogen) atoms. The molecule has 0 fully saturated rings. The van der Waals surface area contributed by atoms with Crippen LogP contribution in [0.1, 0.15) is 16.8 Å². The molecule has 0 saturated heterocycles. The fourth-order valence-electron chi connectivity index (χ4n) is 2.50. The fourth-order valence-corrected chi connectivity index (χ4v) is 2.50. The van der Waals surface area contributed by atoms with Crippen molar-refractivity contribution in [2.24, 2.45) is 5.10 Å². The molecule has 0 aliphatic rings. The summed E-state index contributed by atoms with van der Waals surface area (Å²) in [4.78, 5) is 22.2. The normalized spacial score (nSPS) is 10.8. The SMILES string of the molecule is Cc1ccnn1CC(=O)NN=Cc1ccccc1OCc1ccc([N+](=O)[O-])cc1. The Balaban J connectivity index is 1.58. The van der Waals surface area contributed by atoms with Crippen molar-refractivity contribution in [1.82, 2.24) is 15.2 Å². The number of hydrogen-bond donors (Lipinski definition) is 1. The molecule has 1 amide bonds. The van der Waals surface area contributed by atoms with Crippen molar-refractivity contribution in [3.63, 3.8) is 0 Å². The van der Waals surface area contributed by atoms with Crippen LogP contribution in [0.15, 0.2) is 65.9 Å². The van der Waals surface area contributed by atoms with Gasteiger partial charge in [-0.1, -0.05) is 12.1 Å². The van der Waals surface area contributed by atoms with Crippen LogP contribution in [-0.2, 0) is 17.9 Å². The summed E-state index contributed by atoms with van der Waals surface area (Å²) in [5.74, 6) is 0.282. The number of para-hydroxylation sites is 1. The zero-order valence-electron chi connectivity index (χ0n) is 15.7. The van der Waals surface area contributed by atoms with Gasteiger partial charge in [-0.25, -0.2) is 5.43 Å². The maximum Gasteiger partial charge on any atom is 0.269 e. The molecular weight excluding hydrogens is 374 g/mol. The third-order valence-electron chi connectivity index (χ3n) is 4.08. The molecule has 1 aromatic heterocycles. The molecule has 1 N–H and O–H groups in total. The fraction of sp³-hybridized carbons (Fsp3) is 0.150. The molecular formula is C20H19N5O4. The number of non-ortho nitro benzene ring substituents is 1. The second-order valence-electron chi connectivity index (χ2n) is 6.17. The Kier molecular flexibility index (Phi) is 6.31. The van der Waals surface area contributed by atoms with E-state index in [0.717, 1.165) is 11.3 Å². The van der Waals surface area contributed by atoms with Crippen molar-refractivity contribution in [2.45, 2.75) is 20.1 Å². The van der Waals surface area contributed by atoms with Crippen LogP contribution in [0.25, 0.3) is 0 Å². The molecule has 3 aromatic rings. The first-order chi connectivity index (χ1) is 14.0. The van der Waals surface area contributed by atoms with E-state index in [1.54, 1.807) is 35.1 Å². The van der Waals surface area contributed by atoms with Crippen molar-refractivity contribution in [1.29, 1.82) is 0 Å². The lowest BCUT2D eigenvalue weighted by Crippen LogP contribution is -2.24. The lowest BCUT2D eigenvalue weighted by Gasteiger charge is -2.09. The maximum atomic E-state index is 12.0. The van der Waals surface area contributed by atoms with E-state index in [9.17, 15) is 14.9 Å². The number of hydrogen-bond acceptors (Lipinski definition) is 6. The predicted molar refractivity (Wildman–Crippen MR) is 107 cm³/mol. The number of ether oxygens (including phenoxy) is 1. The first-order valence-electron chi connectivity index (χ1n) is 8.78. The molecule has 0 atom stereocenters.